The number of nitrogens with zero attached hydrogens (tertiary/aromatic N) is 3. The summed E-state index contributed by atoms with van der Waals surface area (Å²) in [5.74, 6) is -0.294. The van der Waals surface area contributed by atoms with Gasteiger partial charge in [-0.15, -0.1) is 11.3 Å². The number of carbonyl (C=O) groups is 2. The van der Waals surface area contributed by atoms with Crippen LogP contribution in [-0.4, -0.2) is 45.0 Å². The number of rotatable bonds is 5. The summed E-state index contributed by atoms with van der Waals surface area (Å²) in [6.45, 7) is 0.913. The third-order valence-electron chi connectivity index (χ3n) is 5.67. The lowest BCUT2D eigenvalue weighted by Crippen LogP contribution is -2.38. The molecule has 1 saturated heterocycles. The molecular weight excluding hydrogens is 481 g/mol. The minimum absolute atomic E-state index is 0.0932. The summed E-state index contributed by atoms with van der Waals surface area (Å²) >= 11 is 7.45. The minimum atomic E-state index is -0.622. The first-order valence-corrected chi connectivity index (χ1v) is 11.8. The quantitative estimate of drug-likeness (QED) is 0.393. The van der Waals surface area contributed by atoms with Crippen LogP contribution in [0.4, 0.5) is 10.2 Å². The number of hydrogen-bond acceptors (Lipinski definition) is 6. The number of thiazole rings is 1. The Bertz CT molecular complexity index is 1310. The number of benzene rings is 1. The molecule has 0 bridgehead atoms. The summed E-state index contributed by atoms with van der Waals surface area (Å²) in [7, 11) is 0. The molecule has 1 aromatic carbocycles. The highest BCUT2D eigenvalue weighted by Crippen LogP contribution is 2.32. The largest absolute Gasteiger partial charge is 0.463 e. The molecule has 4 aromatic rings. The average Bonchev–Trinajstić information content (AvgIpc) is 3.60. The zero-order chi connectivity index (χ0) is 23.7. The number of amides is 2. The molecule has 0 unspecified atom stereocenters. The van der Waals surface area contributed by atoms with E-state index in [2.05, 4.69) is 20.5 Å². The number of furan rings is 1. The van der Waals surface area contributed by atoms with Crippen LogP contribution in [0.3, 0.4) is 0 Å². The predicted molar refractivity (Wildman–Crippen MR) is 126 cm³/mol. The van der Waals surface area contributed by atoms with Crippen molar-refractivity contribution in [1.82, 2.24) is 20.1 Å². The van der Waals surface area contributed by atoms with Gasteiger partial charge < -0.3 is 14.6 Å². The second kappa shape index (κ2) is 9.40. The van der Waals surface area contributed by atoms with Crippen molar-refractivity contribution in [3.05, 3.63) is 75.1 Å². The van der Waals surface area contributed by atoms with Crippen LogP contribution in [0, 0.1) is 5.82 Å². The number of piperidine rings is 1. The number of halogens is 2. The average molecular weight is 500 g/mol. The molecule has 0 aliphatic carbocycles. The molecule has 0 spiro atoms. The lowest BCUT2D eigenvalue weighted by Gasteiger charge is -2.31. The third-order valence-corrected chi connectivity index (χ3v) is 6.99. The van der Waals surface area contributed by atoms with Crippen molar-refractivity contribution in [3.63, 3.8) is 0 Å². The molecule has 8 nitrogen and oxygen atoms in total. The molecule has 11 heteroatoms. The Morgan fingerprint density at radius 1 is 1.24 bits per heavy atom. The van der Waals surface area contributed by atoms with Gasteiger partial charge in [0.1, 0.15) is 17.2 Å². The maximum atomic E-state index is 14.1. The van der Waals surface area contributed by atoms with Gasteiger partial charge in [0.25, 0.3) is 11.8 Å². The van der Waals surface area contributed by atoms with E-state index >= 15 is 0 Å². The van der Waals surface area contributed by atoms with E-state index in [0.717, 1.165) is 5.01 Å². The highest BCUT2D eigenvalue weighted by atomic mass is 35.5. The minimum Gasteiger partial charge on any atom is -0.463 e. The maximum Gasteiger partial charge on any atom is 0.276 e. The zero-order valence-electron chi connectivity index (χ0n) is 17.8. The maximum absolute atomic E-state index is 14.1. The fraction of sp³-hybridized carbons (Fsp3) is 0.217. The number of H-pyrrole nitrogens is 1. The first kappa shape index (κ1) is 22.3. The van der Waals surface area contributed by atoms with E-state index in [0.29, 0.717) is 48.9 Å². The summed E-state index contributed by atoms with van der Waals surface area (Å²) in [6, 6.07) is 9.44. The van der Waals surface area contributed by atoms with Crippen molar-refractivity contribution in [2.45, 2.75) is 18.8 Å². The molecule has 1 aliphatic rings. The topological polar surface area (TPSA) is 104 Å². The first-order valence-electron chi connectivity index (χ1n) is 10.6. The monoisotopic (exact) mass is 499 g/mol. The number of carbonyl (C=O) groups excluding carboxylic acids is 2. The Morgan fingerprint density at radius 3 is 2.79 bits per heavy atom. The van der Waals surface area contributed by atoms with E-state index in [1.54, 1.807) is 34.7 Å². The van der Waals surface area contributed by atoms with Crippen LogP contribution < -0.4 is 5.32 Å². The van der Waals surface area contributed by atoms with Gasteiger partial charge >= 0.3 is 0 Å². The molecule has 34 heavy (non-hydrogen) atoms. The Balaban J connectivity index is 1.19. The SMILES string of the molecule is O=C(Nc1cc(-c2ccco2)[nH]n1)c1csc(C2CCN(C(=O)c3c(F)cccc3Cl)CC2)n1. The summed E-state index contributed by atoms with van der Waals surface area (Å²) in [6.07, 6.45) is 2.89. The van der Waals surface area contributed by atoms with E-state index in [1.165, 1.54) is 29.5 Å². The van der Waals surface area contributed by atoms with Crippen LogP contribution >= 0.6 is 22.9 Å². The second-order valence-electron chi connectivity index (χ2n) is 7.83. The van der Waals surface area contributed by atoms with Crippen molar-refractivity contribution < 1.29 is 18.4 Å². The van der Waals surface area contributed by atoms with Gasteiger partial charge in [0, 0.05) is 30.5 Å². The molecule has 3 aromatic heterocycles. The van der Waals surface area contributed by atoms with Gasteiger partial charge in [0.05, 0.1) is 21.9 Å². The van der Waals surface area contributed by atoms with Gasteiger partial charge in [-0.3, -0.25) is 14.7 Å². The van der Waals surface area contributed by atoms with Gasteiger partial charge in [-0.25, -0.2) is 9.37 Å². The molecule has 174 valence electrons. The van der Waals surface area contributed by atoms with Crippen molar-refractivity contribution in [2.75, 3.05) is 18.4 Å². The fourth-order valence-corrected chi connectivity index (χ4v) is 5.11. The summed E-state index contributed by atoms with van der Waals surface area (Å²) in [5, 5.41) is 12.3. The van der Waals surface area contributed by atoms with E-state index in [9.17, 15) is 14.0 Å². The van der Waals surface area contributed by atoms with E-state index in [1.807, 2.05) is 0 Å². The smallest absolute Gasteiger partial charge is 0.276 e. The molecule has 0 atom stereocenters. The van der Waals surface area contributed by atoms with Gasteiger partial charge in [-0.05, 0) is 37.1 Å². The van der Waals surface area contributed by atoms with Crippen LogP contribution in [0.25, 0.3) is 11.5 Å². The molecule has 5 rings (SSSR count). The zero-order valence-corrected chi connectivity index (χ0v) is 19.3. The molecular formula is C23H19ClFN5O3S. The molecule has 2 amide bonds. The van der Waals surface area contributed by atoms with Gasteiger partial charge in [-0.2, -0.15) is 5.10 Å². The second-order valence-corrected chi connectivity index (χ2v) is 9.13. The standard InChI is InChI=1S/C23H19ClFN5O3S/c24-14-3-1-4-15(25)20(14)23(32)30-8-6-13(7-9-30)22-26-17(12-34-22)21(31)27-19-11-16(28-29-19)18-5-2-10-33-18/h1-5,10-13H,6-9H2,(H2,27,28,29,31). The van der Waals surface area contributed by atoms with Gasteiger partial charge in [0.15, 0.2) is 11.6 Å². The molecule has 0 radical (unpaired) electrons. The van der Waals surface area contributed by atoms with Crippen LogP contribution in [0.1, 0.15) is 44.6 Å². The van der Waals surface area contributed by atoms with Crippen LogP contribution in [0.15, 0.2) is 52.5 Å². The summed E-state index contributed by atoms with van der Waals surface area (Å²) in [4.78, 5) is 31.5. The van der Waals surface area contributed by atoms with Crippen molar-refractivity contribution in [3.8, 4) is 11.5 Å². The first-order chi connectivity index (χ1) is 16.5. The Labute approximate surface area is 202 Å². The van der Waals surface area contributed by atoms with Crippen LogP contribution in [0.5, 0.6) is 0 Å². The van der Waals surface area contributed by atoms with Crippen molar-refractivity contribution >= 4 is 40.6 Å². The van der Waals surface area contributed by atoms with Gasteiger partial charge in [-0.1, -0.05) is 17.7 Å². The number of likely N-dealkylation sites (tertiary alicyclic amines) is 1. The van der Waals surface area contributed by atoms with Crippen LogP contribution in [-0.2, 0) is 0 Å². The summed E-state index contributed by atoms with van der Waals surface area (Å²) < 4.78 is 19.4. The lowest BCUT2D eigenvalue weighted by atomic mass is 9.97. The van der Waals surface area contributed by atoms with Crippen LogP contribution in [0.2, 0.25) is 5.02 Å². The third kappa shape index (κ3) is 4.46. The Morgan fingerprint density at radius 2 is 2.06 bits per heavy atom. The molecule has 4 heterocycles. The summed E-state index contributed by atoms with van der Waals surface area (Å²) in [5.41, 5.74) is 0.862. The highest BCUT2D eigenvalue weighted by molar-refractivity contribution is 7.10. The molecule has 2 N–H and O–H groups in total. The van der Waals surface area contributed by atoms with Gasteiger partial charge in [0.2, 0.25) is 0 Å². The van der Waals surface area contributed by atoms with E-state index in [4.69, 9.17) is 16.0 Å². The number of nitrogens with one attached hydrogen (secondary N) is 2. The normalized spacial score (nSPS) is 14.4. The molecule has 1 aliphatic heterocycles. The Hall–Kier alpha value is -3.50. The predicted octanol–water partition coefficient (Wildman–Crippen LogP) is 5.19. The fourth-order valence-electron chi connectivity index (χ4n) is 3.89. The van der Waals surface area contributed by atoms with Crippen molar-refractivity contribution in [2.24, 2.45) is 0 Å². The van der Waals surface area contributed by atoms with E-state index < -0.39 is 11.7 Å². The van der Waals surface area contributed by atoms with Crippen molar-refractivity contribution in [1.29, 1.82) is 0 Å². The number of aromatic amines is 1. The number of hydrogen-bond donors (Lipinski definition) is 2. The number of aromatic nitrogens is 3. The highest BCUT2D eigenvalue weighted by Gasteiger charge is 2.29. The molecule has 0 saturated carbocycles. The molecule has 1 fully saturated rings. The van der Waals surface area contributed by atoms with E-state index in [-0.39, 0.29) is 22.4 Å². The lowest BCUT2D eigenvalue weighted by molar-refractivity contribution is 0.0708. The Kier molecular flexibility index (Phi) is 6.16. The number of anilines is 1.